The van der Waals surface area contributed by atoms with Crippen LogP contribution in [-0.2, 0) is 11.3 Å². The van der Waals surface area contributed by atoms with Crippen molar-refractivity contribution >= 4 is 40.8 Å². The Morgan fingerprint density at radius 3 is 2.44 bits per heavy atom. The van der Waals surface area contributed by atoms with Crippen molar-refractivity contribution in [1.82, 2.24) is 20.2 Å². The summed E-state index contributed by atoms with van der Waals surface area (Å²) in [6.45, 7) is 4.93. The molecule has 220 valence electrons. The lowest BCUT2D eigenvalue weighted by atomic mass is 9.95. The van der Waals surface area contributed by atoms with Crippen molar-refractivity contribution in [2.24, 2.45) is 4.99 Å². The summed E-state index contributed by atoms with van der Waals surface area (Å²) in [7, 11) is 0. The molecule has 4 aromatic rings. The predicted octanol–water partition coefficient (Wildman–Crippen LogP) is 5.56. The molecule has 3 N–H and O–H groups in total. The molecule has 1 amide bonds. The molecule has 9 nitrogen and oxygen atoms in total. The van der Waals surface area contributed by atoms with Crippen LogP contribution in [0.3, 0.4) is 0 Å². The third-order valence-electron chi connectivity index (χ3n) is 6.99. The fourth-order valence-electron chi connectivity index (χ4n) is 4.74. The first-order valence-corrected chi connectivity index (χ1v) is 14.3. The van der Waals surface area contributed by atoms with Crippen LogP contribution in [0.25, 0.3) is 11.3 Å². The van der Waals surface area contributed by atoms with E-state index in [-0.39, 0.29) is 18.1 Å². The summed E-state index contributed by atoms with van der Waals surface area (Å²) in [5.74, 6) is -0.666. The monoisotopic (exact) mass is 600 g/mol. The van der Waals surface area contributed by atoms with Gasteiger partial charge in [-0.05, 0) is 48.5 Å². The Labute approximate surface area is 253 Å². The predicted molar refractivity (Wildman–Crippen MR) is 165 cm³/mol. The van der Waals surface area contributed by atoms with Crippen LogP contribution in [0.4, 0.5) is 16.0 Å². The molecule has 6 rings (SSSR count). The molecule has 3 aromatic carbocycles. The SMILES string of the molecule is CCC(=O)O.O=C(c1ccc(Nc2ncc3c(n2)-c2ccc(Cl)cc2C(c2ccccc2F)=NC3)cc1)N1CCNCC1. The van der Waals surface area contributed by atoms with Gasteiger partial charge in [0.05, 0.1) is 18.0 Å². The number of hydrogen-bond donors (Lipinski definition) is 3. The van der Waals surface area contributed by atoms with Crippen molar-refractivity contribution in [2.45, 2.75) is 19.9 Å². The van der Waals surface area contributed by atoms with Gasteiger partial charge < -0.3 is 20.6 Å². The normalized spacial score (nSPS) is 13.8. The first-order valence-electron chi connectivity index (χ1n) is 13.9. The Morgan fingerprint density at radius 2 is 1.74 bits per heavy atom. The van der Waals surface area contributed by atoms with Crippen molar-refractivity contribution in [2.75, 3.05) is 31.5 Å². The van der Waals surface area contributed by atoms with Gasteiger partial charge in [0.2, 0.25) is 5.95 Å². The zero-order valence-corrected chi connectivity index (χ0v) is 24.2. The van der Waals surface area contributed by atoms with Crippen molar-refractivity contribution in [3.8, 4) is 11.3 Å². The lowest BCUT2D eigenvalue weighted by Gasteiger charge is -2.27. The number of carboxylic acids is 1. The molecule has 0 unspecified atom stereocenters. The number of fused-ring (bicyclic) bond motifs is 3. The summed E-state index contributed by atoms with van der Waals surface area (Å²) in [5, 5.41) is 14.7. The lowest BCUT2D eigenvalue weighted by Crippen LogP contribution is -2.46. The molecule has 1 aromatic heterocycles. The maximum Gasteiger partial charge on any atom is 0.303 e. The molecule has 0 atom stereocenters. The van der Waals surface area contributed by atoms with Crippen LogP contribution in [0.2, 0.25) is 5.02 Å². The first-order chi connectivity index (χ1) is 20.8. The van der Waals surface area contributed by atoms with Crippen LogP contribution in [0.15, 0.2) is 77.9 Å². The molecule has 3 heterocycles. The summed E-state index contributed by atoms with van der Waals surface area (Å²) in [6, 6.07) is 19.3. The van der Waals surface area contributed by atoms with Gasteiger partial charge in [-0.1, -0.05) is 36.7 Å². The van der Waals surface area contributed by atoms with Crippen LogP contribution < -0.4 is 10.6 Å². The maximum absolute atomic E-state index is 14.7. The summed E-state index contributed by atoms with van der Waals surface area (Å²) < 4.78 is 14.7. The second-order valence-corrected chi connectivity index (χ2v) is 10.3. The number of anilines is 2. The molecule has 0 radical (unpaired) electrons. The molecule has 0 bridgehead atoms. The van der Waals surface area contributed by atoms with Crippen molar-refractivity contribution in [3.63, 3.8) is 0 Å². The highest BCUT2D eigenvalue weighted by molar-refractivity contribution is 6.31. The lowest BCUT2D eigenvalue weighted by molar-refractivity contribution is -0.136. The molecule has 1 saturated heterocycles. The van der Waals surface area contributed by atoms with Crippen molar-refractivity contribution in [1.29, 1.82) is 0 Å². The van der Waals surface area contributed by atoms with Gasteiger partial charge in [-0.3, -0.25) is 14.6 Å². The van der Waals surface area contributed by atoms with Gasteiger partial charge in [0.1, 0.15) is 5.82 Å². The first kappa shape index (κ1) is 29.8. The average Bonchev–Trinajstić information content (AvgIpc) is 3.18. The van der Waals surface area contributed by atoms with Gasteiger partial charge in [0.15, 0.2) is 0 Å². The zero-order valence-electron chi connectivity index (χ0n) is 23.5. The van der Waals surface area contributed by atoms with Gasteiger partial charge in [0.25, 0.3) is 5.91 Å². The number of benzene rings is 3. The van der Waals surface area contributed by atoms with E-state index in [1.54, 1.807) is 43.5 Å². The third-order valence-corrected chi connectivity index (χ3v) is 7.22. The Hall–Kier alpha value is -4.67. The van der Waals surface area contributed by atoms with Gasteiger partial charge >= 0.3 is 5.97 Å². The summed E-state index contributed by atoms with van der Waals surface area (Å²) in [6.07, 6.45) is 1.96. The van der Waals surface area contributed by atoms with Crippen LogP contribution in [0.5, 0.6) is 0 Å². The fourth-order valence-corrected chi connectivity index (χ4v) is 4.92. The smallest absolute Gasteiger partial charge is 0.303 e. The molecule has 0 saturated carbocycles. The van der Waals surface area contributed by atoms with E-state index >= 15 is 0 Å². The van der Waals surface area contributed by atoms with E-state index in [1.807, 2.05) is 35.2 Å². The van der Waals surface area contributed by atoms with E-state index in [4.69, 9.17) is 26.7 Å². The van der Waals surface area contributed by atoms with E-state index in [0.29, 0.717) is 58.7 Å². The maximum atomic E-state index is 14.7. The summed E-state index contributed by atoms with van der Waals surface area (Å²) in [5.41, 5.74) is 5.37. The average molecular weight is 601 g/mol. The quantitative estimate of drug-likeness (QED) is 0.274. The minimum absolute atomic E-state index is 0.0280. The second kappa shape index (κ2) is 13.5. The topological polar surface area (TPSA) is 120 Å². The molecule has 0 spiro atoms. The number of halogens is 2. The van der Waals surface area contributed by atoms with E-state index in [1.165, 1.54) is 6.07 Å². The van der Waals surface area contributed by atoms with Gasteiger partial charge in [-0.2, -0.15) is 0 Å². The van der Waals surface area contributed by atoms with Gasteiger partial charge in [-0.25, -0.2) is 14.4 Å². The molecule has 43 heavy (non-hydrogen) atoms. The third kappa shape index (κ3) is 7.04. The Morgan fingerprint density at radius 1 is 1.02 bits per heavy atom. The van der Waals surface area contributed by atoms with Crippen LogP contribution in [-0.4, -0.2) is 63.7 Å². The number of nitrogens with zero attached hydrogens (tertiary/aromatic N) is 4. The van der Waals surface area contributed by atoms with E-state index < -0.39 is 5.97 Å². The molecular formula is C32H30ClFN6O3. The van der Waals surface area contributed by atoms with Gasteiger partial charge in [-0.15, -0.1) is 0 Å². The number of carboxylic acid groups (broad SMARTS) is 1. The number of amides is 1. The van der Waals surface area contributed by atoms with Crippen molar-refractivity contribution in [3.05, 3.63) is 106 Å². The minimum Gasteiger partial charge on any atom is -0.481 e. The summed E-state index contributed by atoms with van der Waals surface area (Å²) >= 11 is 6.35. The highest BCUT2D eigenvalue weighted by Crippen LogP contribution is 2.34. The number of aliphatic carboxylic acids is 1. The molecule has 2 aliphatic rings. The number of carbonyl (C=O) groups excluding carboxylic acids is 1. The molecule has 1 fully saturated rings. The highest BCUT2D eigenvalue weighted by Gasteiger charge is 2.23. The van der Waals surface area contributed by atoms with Gasteiger partial charge in [0, 0.05) is 77.3 Å². The molecule has 0 aliphatic carbocycles. The Balaban J connectivity index is 0.000000682. The number of aromatic nitrogens is 2. The van der Waals surface area contributed by atoms with E-state index in [0.717, 1.165) is 29.9 Å². The van der Waals surface area contributed by atoms with E-state index in [2.05, 4.69) is 15.6 Å². The number of rotatable bonds is 5. The highest BCUT2D eigenvalue weighted by atomic mass is 35.5. The van der Waals surface area contributed by atoms with Crippen LogP contribution in [0.1, 0.15) is 40.4 Å². The minimum atomic E-state index is -0.745. The number of piperazine rings is 1. The van der Waals surface area contributed by atoms with E-state index in [9.17, 15) is 14.0 Å². The standard InChI is InChI=1S/C29H24ClFN6O.C3H6O2/c30-20-7-10-22-24(15-20)27(23-3-1-2-4-25(23)31)33-16-19-17-34-29(36-26(19)22)35-21-8-5-18(6-9-21)28(38)37-13-11-32-12-14-37;1-2-3(4)5/h1-10,15,17,32H,11-14,16H2,(H,34,35,36);2H2,1H3,(H,4,5). The Bertz CT molecular complexity index is 1670. The number of hydrogen-bond acceptors (Lipinski definition) is 7. The largest absolute Gasteiger partial charge is 0.481 e. The molecule has 2 aliphatic heterocycles. The van der Waals surface area contributed by atoms with Crippen molar-refractivity contribution < 1.29 is 19.1 Å². The number of nitrogens with one attached hydrogen (secondary N) is 2. The second-order valence-electron chi connectivity index (χ2n) is 9.89. The zero-order chi connectivity index (χ0) is 30.3. The molecule has 11 heteroatoms. The Kier molecular flexibility index (Phi) is 9.38. The number of carbonyl (C=O) groups is 2. The molecular weight excluding hydrogens is 571 g/mol. The van der Waals surface area contributed by atoms with Crippen LogP contribution in [0, 0.1) is 5.82 Å². The van der Waals surface area contributed by atoms with Crippen LogP contribution >= 0.6 is 11.6 Å². The number of aliphatic imine (C=N–C) groups is 1. The fraction of sp³-hybridized carbons (Fsp3) is 0.219. The summed E-state index contributed by atoms with van der Waals surface area (Å²) in [4.78, 5) is 38.0.